The lowest BCUT2D eigenvalue weighted by Gasteiger charge is -2.23. The Balaban J connectivity index is 1.46. The van der Waals surface area contributed by atoms with Gasteiger partial charge in [0.15, 0.2) is 0 Å². The highest BCUT2D eigenvalue weighted by atomic mass is 32.1. The van der Waals surface area contributed by atoms with Gasteiger partial charge in [0.05, 0.1) is 30.9 Å². The number of amides is 1. The van der Waals surface area contributed by atoms with E-state index >= 15 is 0 Å². The number of aromatic nitrogens is 2. The van der Waals surface area contributed by atoms with Crippen LogP contribution in [0.2, 0.25) is 0 Å². The summed E-state index contributed by atoms with van der Waals surface area (Å²) >= 11 is 1.64. The summed E-state index contributed by atoms with van der Waals surface area (Å²) in [5.41, 5.74) is 2.61. The van der Waals surface area contributed by atoms with Crippen molar-refractivity contribution >= 4 is 28.1 Å². The summed E-state index contributed by atoms with van der Waals surface area (Å²) in [6.07, 6.45) is 2.49. The summed E-state index contributed by atoms with van der Waals surface area (Å²) in [6.45, 7) is 3.41. The van der Waals surface area contributed by atoms with Crippen molar-refractivity contribution in [2.75, 3.05) is 7.11 Å². The largest absolute Gasteiger partial charge is 0.496 e. The summed E-state index contributed by atoms with van der Waals surface area (Å²) in [5.74, 6) is 0.817. The molecule has 0 saturated heterocycles. The number of para-hydroxylation sites is 2. The van der Waals surface area contributed by atoms with Crippen LogP contribution in [0.4, 0.5) is 0 Å². The van der Waals surface area contributed by atoms with Crippen LogP contribution in [0.3, 0.4) is 0 Å². The molecule has 0 aliphatic carbocycles. The van der Waals surface area contributed by atoms with Gasteiger partial charge in [0, 0.05) is 30.0 Å². The predicted molar refractivity (Wildman–Crippen MR) is 132 cm³/mol. The third kappa shape index (κ3) is 5.31. The first-order chi connectivity index (χ1) is 16.1. The Morgan fingerprint density at radius 3 is 2.73 bits per heavy atom. The van der Waals surface area contributed by atoms with Crippen molar-refractivity contribution in [1.82, 2.24) is 14.5 Å². The van der Waals surface area contributed by atoms with Gasteiger partial charge in [-0.1, -0.05) is 36.4 Å². The maximum absolute atomic E-state index is 13.2. The zero-order valence-electron chi connectivity index (χ0n) is 18.9. The number of rotatable bonds is 9. The lowest BCUT2D eigenvalue weighted by Crippen LogP contribution is -2.30. The van der Waals surface area contributed by atoms with E-state index in [4.69, 9.17) is 4.74 Å². The van der Waals surface area contributed by atoms with E-state index in [2.05, 4.69) is 4.98 Å². The molecule has 170 valence electrons. The Labute approximate surface area is 197 Å². The number of hydrogen-bond acceptors (Lipinski definition) is 5. The van der Waals surface area contributed by atoms with Gasteiger partial charge < -0.3 is 9.64 Å². The van der Waals surface area contributed by atoms with Crippen LogP contribution < -0.4 is 10.3 Å². The van der Waals surface area contributed by atoms with Crippen LogP contribution in [0, 0.1) is 6.92 Å². The van der Waals surface area contributed by atoms with Crippen molar-refractivity contribution < 1.29 is 9.53 Å². The molecule has 0 atom stereocenters. The van der Waals surface area contributed by atoms with Gasteiger partial charge in [0.2, 0.25) is 5.91 Å². The third-order valence-electron chi connectivity index (χ3n) is 5.68. The minimum atomic E-state index is -0.0689. The molecular weight excluding hydrogens is 434 g/mol. The summed E-state index contributed by atoms with van der Waals surface area (Å²) in [7, 11) is 1.64. The van der Waals surface area contributed by atoms with Gasteiger partial charge in [-0.2, -0.15) is 0 Å². The average Bonchev–Trinajstić information content (AvgIpc) is 3.34. The fourth-order valence-electron chi connectivity index (χ4n) is 3.92. The zero-order chi connectivity index (χ0) is 23.2. The van der Waals surface area contributed by atoms with Gasteiger partial charge in [0.1, 0.15) is 5.75 Å². The van der Waals surface area contributed by atoms with Gasteiger partial charge in [-0.15, -0.1) is 11.3 Å². The van der Waals surface area contributed by atoms with Crippen LogP contribution >= 0.6 is 11.3 Å². The molecule has 0 spiro atoms. The first-order valence-electron chi connectivity index (χ1n) is 10.9. The quantitative estimate of drug-likeness (QED) is 0.360. The molecule has 0 aliphatic heterocycles. The smallest absolute Gasteiger partial charge is 0.261 e. The van der Waals surface area contributed by atoms with Crippen LogP contribution in [0.1, 0.15) is 28.8 Å². The minimum absolute atomic E-state index is 0.0481. The lowest BCUT2D eigenvalue weighted by molar-refractivity contribution is -0.132. The molecule has 0 radical (unpaired) electrons. The van der Waals surface area contributed by atoms with E-state index in [0.717, 1.165) is 27.3 Å². The Morgan fingerprint density at radius 2 is 1.94 bits per heavy atom. The molecule has 0 bridgehead atoms. The van der Waals surface area contributed by atoms with Crippen LogP contribution in [0.5, 0.6) is 5.75 Å². The molecule has 2 aromatic carbocycles. The van der Waals surface area contributed by atoms with E-state index in [1.54, 1.807) is 35.4 Å². The number of aryl methyl sites for hydroxylation is 2. The van der Waals surface area contributed by atoms with Crippen LogP contribution in [0.25, 0.3) is 10.9 Å². The number of carbonyl (C=O) groups excluding carboxylic acids is 1. The first kappa shape index (κ1) is 22.7. The molecular formula is C26H27N3O3S. The third-order valence-corrected chi connectivity index (χ3v) is 6.54. The Hall–Kier alpha value is -3.45. The van der Waals surface area contributed by atoms with Crippen molar-refractivity contribution in [2.45, 2.75) is 39.4 Å². The van der Waals surface area contributed by atoms with Gasteiger partial charge in [-0.25, -0.2) is 4.98 Å². The highest BCUT2D eigenvalue weighted by Crippen LogP contribution is 2.22. The molecule has 1 amide bonds. The number of carbonyl (C=O) groups is 1. The lowest BCUT2D eigenvalue weighted by atomic mass is 10.1. The van der Waals surface area contributed by atoms with Crippen LogP contribution in [0.15, 0.2) is 71.1 Å². The molecule has 6 nitrogen and oxygen atoms in total. The maximum atomic E-state index is 13.2. The fraction of sp³-hybridized carbons (Fsp3) is 0.269. The van der Waals surface area contributed by atoms with E-state index in [1.165, 1.54) is 0 Å². The van der Waals surface area contributed by atoms with E-state index < -0.39 is 0 Å². The molecule has 0 saturated carbocycles. The van der Waals surface area contributed by atoms with Crippen LogP contribution in [-0.4, -0.2) is 27.5 Å². The number of thiophene rings is 1. The molecule has 7 heteroatoms. The van der Waals surface area contributed by atoms with Gasteiger partial charge in [0.25, 0.3) is 5.56 Å². The predicted octanol–water partition coefficient (Wildman–Crippen LogP) is 4.78. The summed E-state index contributed by atoms with van der Waals surface area (Å²) in [6, 6.07) is 17.4. The molecule has 0 unspecified atom stereocenters. The number of hydrogen-bond donors (Lipinski definition) is 0. The highest BCUT2D eigenvalue weighted by molar-refractivity contribution is 7.09. The summed E-state index contributed by atoms with van der Waals surface area (Å²) in [5, 5.41) is 2.63. The van der Waals surface area contributed by atoms with Crippen molar-refractivity contribution in [3.8, 4) is 5.75 Å². The topological polar surface area (TPSA) is 64.4 Å². The molecule has 4 aromatic rings. The van der Waals surface area contributed by atoms with Gasteiger partial charge >= 0.3 is 0 Å². The Bertz CT molecular complexity index is 1300. The van der Waals surface area contributed by atoms with E-state index in [0.29, 0.717) is 37.9 Å². The fourth-order valence-corrected chi connectivity index (χ4v) is 4.64. The molecule has 2 aromatic heterocycles. The maximum Gasteiger partial charge on any atom is 0.261 e. The van der Waals surface area contributed by atoms with E-state index in [-0.39, 0.29) is 11.5 Å². The number of ether oxygens (including phenoxy) is 1. The zero-order valence-corrected chi connectivity index (χ0v) is 19.7. The van der Waals surface area contributed by atoms with E-state index in [9.17, 15) is 9.59 Å². The number of fused-ring (bicyclic) bond motifs is 1. The minimum Gasteiger partial charge on any atom is -0.496 e. The molecule has 0 fully saturated rings. The summed E-state index contributed by atoms with van der Waals surface area (Å²) in [4.78, 5) is 33.5. The van der Waals surface area contributed by atoms with Crippen molar-refractivity contribution in [2.24, 2.45) is 0 Å². The van der Waals surface area contributed by atoms with Gasteiger partial charge in [-0.3, -0.25) is 14.2 Å². The summed E-state index contributed by atoms with van der Waals surface area (Å²) < 4.78 is 7.07. The molecule has 33 heavy (non-hydrogen) atoms. The standard InChI is InChI=1S/C26H27N3O3S/c1-19-8-5-11-22-25(19)27-18-28(26(22)31)14-6-13-24(30)29(17-21-10-7-15-33-21)16-20-9-3-4-12-23(20)32-2/h3-5,7-12,15,18H,6,13-14,16-17H2,1-2H3. The first-order valence-corrected chi connectivity index (χ1v) is 11.8. The number of nitrogens with zero attached hydrogens (tertiary/aromatic N) is 3. The monoisotopic (exact) mass is 461 g/mol. The van der Waals surface area contributed by atoms with Crippen molar-refractivity contribution in [1.29, 1.82) is 0 Å². The van der Waals surface area contributed by atoms with E-state index in [1.807, 2.05) is 65.7 Å². The normalized spacial score (nSPS) is 11.0. The van der Waals surface area contributed by atoms with Crippen molar-refractivity contribution in [3.63, 3.8) is 0 Å². The second-order valence-electron chi connectivity index (χ2n) is 7.96. The SMILES string of the molecule is COc1ccccc1CN(Cc1cccs1)C(=O)CCCn1cnc2c(C)cccc2c1=O. The Kier molecular flexibility index (Phi) is 7.19. The molecule has 0 aliphatic rings. The second kappa shape index (κ2) is 10.4. The van der Waals surface area contributed by atoms with Gasteiger partial charge in [-0.05, 0) is 42.5 Å². The van der Waals surface area contributed by atoms with Crippen molar-refractivity contribution in [3.05, 3.63) is 92.7 Å². The molecule has 4 rings (SSSR count). The molecule has 2 heterocycles. The number of methoxy groups -OCH3 is 1. The molecule has 0 N–H and O–H groups in total. The second-order valence-corrected chi connectivity index (χ2v) is 8.99. The highest BCUT2D eigenvalue weighted by Gasteiger charge is 2.17. The number of benzene rings is 2. The average molecular weight is 462 g/mol. The van der Waals surface area contributed by atoms with Crippen LogP contribution in [-0.2, 0) is 24.4 Å². The Morgan fingerprint density at radius 1 is 1.09 bits per heavy atom.